The number of nitrogens with zero attached hydrogens (tertiary/aromatic N) is 1. The van der Waals surface area contributed by atoms with Gasteiger partial charge in [-0.1, -0.05) is 86.8 Å². The van der Waals surface area contributed by atoms with Crippen LogP contribution in [0.25, 0.3) is 5.57 Å². The molecule has 2 aromatic rings. The van der Waals surface area contributed by atoms with Crippen LogP contribution < -0.4 is 0 Å². The Labute approximate surface area is 272 Å². The molecule has 9 heteroatoms. The Balaban J connectivity index is 2.10. The molecule has 1 aliphatic heterocycles. The summed E-state index contributed by atoms with van der Waals surface area (Å²) in [6, 6.07) is 15.5. The number of Topliss-reactive ketones (excluding diaryl/α,β-unsaturated/α-hetero) is 1. The van der Waals surface area contributed by atoms with E-state index in [-0.39, 0.29) is 36.7 Å². The number of benzene rings is 2. The molecule has 0 unspecified atom stereocenters. The Hall–Kier alpha value is -4.11. The van der Waals surface area contributed by atoms with E-state index >= 15 is 0 Å². The summed E-state index contributed by atoms with van der Waals surface area (Å²) in [5.41, 5.74) is 1.28. The molecule has 46 heavy (non-hydrogen) atoms. The number of amides is 2. The summed E-state index contributed by atoms with van der Waals surface area (Å²) >= 11 is 0. The van der Waals surface area contributed by atoms with E-state index in [1.165, 1.54) is 6.08 Å². The van der Waals surface area contributed by atoms with Crippen molar-refractivity contribution < 1.29 is 38.6 Å². The largest absolute Gasteiger partial charge is 0.453 e. The van der Waals surface area contributed by atoms with Gasteiger partial charge in [0.25, 0.3) is 0 Å². The van der Waals surface area contributed by atoms with Crippen LogP contribution in [-0.2, 0) is 35.1 Å². The fourth-order valence-corrected chi connectivity index (χ4v) is 6.22. The standard InChI is InChI=1S/C37H47NO8/c1-24(2)34-37(5,6)46-36(44)38(34)35(43)30(22-27-16-10-9-11-17-27)33(45-26(4)40)32(42)23-29(28-18-14-15-25(3)21-28)31(41)19-12-7-8-13-20-39/h9-11,14-18,21,23-24,30,33-34,39H,7-8,12-13,19-20,22H2,1-6H3/b29-23-/t30-,33-,34-/m0/s1. The number of aliphatic hydroxyl groups excluding tert-OH is 1. The number of aliphatic hydroxyl groups is 1. The lowest BCUT2D eigenvalue weighted by atomic mass is 9.85. The molecule has 0 spiro atoms. The summed E-state index contributed by atoms with van der Waals surface area (Å²) in [7, 11) is 0. The Morgan fingerprint density at radius 2 is 1.67 bits per heavy atom. The topological polar surface area (TPSA) is 127 Å². The molecule has 1 fully saturated rings. The Morgan fingerprint density at radius 1 is 1.00 bits per heavy atom. The lowest BCUT2D eigenvalue weighted by molar-refractivity contribution is -0.159. The monoisotopic (exact) mass is 633 g/mol. The molecular formula is C37H47NO8. The van der Waals surface area contributed by atoms with Gasteiger partial charge in [0, 0.05) is 25.5 Å². The lowest BCUT2D eigenvalue weighted by Crippen LogP contribution is -2.53. The van der Waals surface area contributed by atoms with Gasteiger partial charge in [-0.3, -0.25) is 19.2 Å². The lowest BCUT2D eigenvalue weighted by Gasteiger charge is -2.34. The van der Waals surface area contributed by atoms with E-state index in [0.29, 0.717) is 24.0 Å². The predicted octanol–water partition coefficient (Wildman–Crippen LogP) is 6.03. The molecule has 3 atom stereocenters. The number of hydrogen-bond acceptors (Lipinski definition) is 8. The number of ether oxygens (including phenoxy) is 2. The van der Waals surface area contributed by atoms with Crippen molar-refractivity contribution in [1.82, 2.24) is 4.90 Å². The Morgan fingerprint density at radius 3 is 2.28 bits per heavy atom. The van der Waals surface area contributed by atoms with Crippen molar-refractivity contribution in [3.8, 4) is 0 Å². The molecule has 0 aliphatic carbocycles. The molecule has 0 bridgehead atoms. The van der Waals surface area contributed by atoms with Crippen molar-refractivity contribution in [3.05, 3.63) is 77.4 Å². The maximum absolute atomic E-state index is 14.4. The van der Waals surface area contributed by atoms with Crippen molar-refractivity contribution in [1.29, 1.82) is 0 Å². The van der Waals surface area contributed by atoms with Crippen LogP contribution in [0.3, 0.4) is 0 Å². The first-order chi connectivity index (χ1) is 21.8. The van der Waals surface area contributed by atoms with E-state index in [2.05, 4.69) is 0 Å². The van der Waals surface area contributed by atoms with Crippen LogP contribution in [0.2, 0.25) is 0 Å². The molecule has 1 N–H and O–H groups in total. The maximum atomic E-state index is 14.4. The molecule has 1 aliphatic rings. The molecule has 9 nitrogen and oxygen atoms in total. The van der Waals surface area contributed by atoms with E-state index in [4.69, 9.17) is 14.6 Å². The molecule has 0 saturated carbocycles. The van der Waals surface area contributed by atoms with E-state index < -0.39 is 47.4 Å². The average Bonchev–Trinajstić information content (AvgIpc) is 3.25. The van der Waals surface area contributed by atoms with Gasteiger partial charge >= 0.3 is 12.1 Å². The third kappa shape index (κ3) is 9.45. The zero-order valence-corrected chi connectivity index (χ0v) is 27.8. The minimum Gasteiger partial charge on any atom is -0.453 e. The second kappa shape index (κ2) is 16.5. The van der Waals surface area contributed by atoms with Crippen molar-refractivity contribution in [3.63, 3.8) is 0 Å². The second-order valence-electron chi connectivity index (χ2n) is 12.8. The number of rotatable bonds is 16. The number of ketones is 2. The number of carbonyl (C=O) groups is 5. The normalized spacial score (nSPS) is 17.4. The zero-order chi connectivity index (χ0) is 34.0. The average molecular weight is 634 g/mol. The summed E-state index contributed by atoms with van der Waals surface area (Å²) in [6.07, 6.45) is 1.63. The maximum Gasteiger partial charge on any atom is 0.417 e. The van der Waals surface area contributed by atoms with Crippen LogP contribution in [0.15, 0.2) is 60.7 Å². The van der Waals surface area contributed by atoms with Crippen molar-refractivity contribution in [2.45, 2.75) is 97.8 Å². The van der Waals surface area contributed by atoms with Gasteiger partial charge in [-0.2, -0.15) is 0 Å². The SMILES string of the molecule is CC(=O)O[C@H](C(=O)/C=C(\C(=O)CCCCCCO)c1cccc(C)c1)[C@H](Cc1ccccc1)C(=O)N1C(=O)OC(C)(C)[C@@H]1C(C)C. The van der Waals surface area contributed by atoms with E-state index in [9.17, 15) is 24.0 Å². The number of cyclic esters (lactones) is 1. The van der Waals surface area contributed by atoms with Gasteiger partial charge < -0.3 is 14.6 Å². The fourth-order valence-electron chi connectivity index (χ4n) is 6.22. The van der Waals surface area contributed by atoms with Gasteiger partial charge in [0.2, 0.25) is 5.91 Å². The zero-order valence-electron chi connectivity index (χ0n) is 27.8. The van der Waals surface area contributed by atoms with Crippen molar-refractivity contribution >= 4 is 35.1 Å². The number of carbonyl (C=O) groups excluding carboxylic acids is 5. The number of esters is 1. The highest BCUT2D eigenvalue weighted by Gasteiger charge is 2.54. The molecular weight excluding hydrogens is 586 g/mol. The first-order valence-electron chi connectivity index (χ1n) is 16.0. The van der Waals surface area contributed by atoms with E-state index in [1.54, 1.807) is 56.3 Å². The first kappa shape index (κ1) is 36.4. The second-order valence-corrected chi connectivity index (χ2v) is 12.8. The smallest absolute Gasteiger partial charge is 0.417 e. The highest BCUT2D eigenvalue weighted by molar-refractivity contribution is 6.25. The number of unbranched alkanes of at least 4 members (excludes halogenated alkanes) is 3. The van der Waals surface area contributed by atoms with Gasteiger partial charge in [-0.05, 0) is 63.2 Å². The minimum atomic E-state index is -1.62. The molecule has 2 aromatic carbocycles. The van der Waals surface area contributed by atoms with Crippen LogP contribution in [0, 0.1) is 18.8 Å². The quantitative estimate of drug-likeness (QED) is 0.135. The third-order valence-electron chi connectivity index (χ3n) is 8.19. The highest BCUT2D eigenvalue weighted by Crippen LogP contribution is 2.36. The molecule has 0 aromatic heterocycles. The van der Waals surface area contributed by atoms with Gasteiger partial charge in [0.05, 0.1) is 12.0 Å². The highest BCUT2D eigenvalue weighted by atomic mass is 16.6. The van der Waals surface area contributed by atoms with Gasteiger partial charge in [0.15, 0.2) is 17.7 Å². The van der Waals surface area contributed by atoms with Crippen LogP contribution in [0.4, 0.5) is 4.79 Å². The molecule has 3 rings (SSSR count). The molecule has 1 saturated heterocycles. The number of aryl methyl sites for hydroxylation is 1. The molecule has 1 heterocycles. The van der Waals surface area contributed by atoms with Gasteiger partial charge in [-0.15, -0.1) is 0 Å². The third-order valence-corrected chi connectivity index (χ3v) is 8.19. The minimum absolute atomic E-state index is 0.00912. The summed E-state index contributed by atoms with van der Waals surface area (Å²) in [4.78, 5) is 69.0. The Bertz CT molecular complexity index is 1430. The predicted molar refractivity (Wildman–Crippen MR) is 175 cm³/mol. The number of allylic oxidation sites excluding steroid dienone is 1. The summed E-state index contributed by atoms with van der Waals surface area (Å²) in [6.45, 7) is 10.3. The first-order valence-corrected chi connectivity index (χ1v) is 16.0. The Kier molecular flexibility index (Phi) is 13.0. The van der Waals surface area contributed by atoms with Crippen LogP contribution in [-0.4, -0.2) is 63.9 Å². The van der Waals surface area contributed by atoms with Crippen LogP contribution >= 0.6 is 0 Å². The van der Waals surface area contributed by atoms with E-state index in [0.717, 1.165) is 30.2 Å². The molecule has 0 radical (unpaired) electrons. The molecule has 248 valence electrons. The van der Waals surface area contributed by atoms with Gasteiger partial charge in [0.1, 0.15) is 5.60 Å². The van der Waals surface area contributed by atoms with Gasteiger partial charge in [-0.25, -0.2) is 9.69 Å². The summed E-state index contributed by atoms with van der Waals surface area (Å²) in [5.74, 6) is -3.94. The van der Waals surface area contributed by atoms with Crippen molar-refractivity contribution in [2.24, 2.45) is 11.8 Å². The van der Waals surface area contributed by atoms with Crippen LogP contribution in [0.1, 0.15) is 83.4 Å². The summed E-state index contributed by atoms with van der Waals surface area (Å²) < 4.78 is 11.2. The molecule has 2 amide bonds. The summed E-state index contributed by atoms with van der Waals surface area (Å²) in [5, 5.41) is 9.08. The number of imide groups is 1. The van der Waals surface area contributed by atoms with Crippen molar-refractivity contribution in [2.75, 3.05) is 6.61 Å². The van der Waals surface area contributed by atoms with Crippen LogP contribution in [0.5, 0.6) is 0 Å². The fraction of sp³-hybridized carbons (Fsp3) is 0.486. The van der Waals surface area contributed by atoms with E-state index in [1.807, 2.05) is 32.9 Å². The number of hydrogen-bond donors (Lipinski definition) is 1.